The number of unbranched alkanes of at least 4 members (excludes halogenated alkanes) is 1. The van der Waals surface area contributed by atoms with E-state index in [-0.39, 0.29) is 36.4 Å². The van der Waals surface area contributed by atoms with Crippen molar-refractivity contribution in [3.05, 3.63) is 80.7 Å². The summed E-state index contributed by atoms with van der Waals surface area (Å²) in [4.78, 5) is 37.8. The maximum absolute atomic E-state index is 13.6. The van der Waals surface area contributed by atoms with Crippen molar-refractivity contribution in [1.82, 2.24) is 14.5 Å². The first-order valence-electron chi connectivity index (χ1n) is 10.1. The first kappa shape index (κ1) is 21.5. The van der Waals surface area contributed by atoms with E-state index >= 15 is 0 Å². The van der Waals surface area contributed by atoms with Gasteiger partial charge < -0.3 is 5.32 Å². The summed E-state index contributed by atoms with van der Waals surface area (Å²) in [5.74, 6) is -0.419. The van der Waals surface area contributed by atoms with E-state index < -0.39 is 5.69 Å². The van der Waals surface area contributed by atoms with Crippen molar-refractivity contribution in [3.63, 3.8) is 0 Å². The Morgan fingerprint density at radius 3 is 2.53 bits per heavy atom. The van der Waals surface area contributed by atoms with E-state index in [1.807, 2.05) is 13.8 Å². The lowest BCUT2D eigenvalue weighted by Crippen LogP contribution is -2.40. The maximum atomic E-state index is 13.6. The molecule has 158 valence electrons. The third kappa shape index (κ3) is 5.03. The molecule has 0 unspecified atom stereocenters. The third-order valence-electron chi connectivity index (χ3n) is 4.85. The van der Waals surface area contributed by atoms with Gasteiger partial charge in [-0.05, 0) is 56.5 Å². The molecular formula is C23H26FN3O3. The van der Waals surface area contributed by atoms with Crippen molar-refractivity contribution in [1.29, 1.82) is 0 Å². The van der Waals surface area contributed by atoms with Crippen molar-refractivity contribution in [2.75, 3.05) is 0 Å². The van der Waals surface area contributed by atoms with Crippen LogP contribution in [0.4, 0.5) is 4.39 Å². The van der Waals surface area contributed by atoms with Gasteiger partial charge in [-0.2, -0.15) is 0 Å². The number of halogens is 1. The molecule has 7 heteroatoms. The van der Waals surface area contributed by atoms with Crippen LogP contribution in [0.25, 0.3) is 10.9 Å². The molecule has 0 bridgehead atoms. The van der Waals surface area contributed by atoms with Gasteiger partial charge in [0.1, 0.15) is 5.82 Å². The van der Waals surface area contributed by atoms with E-state index in [1.165, 1.54) is 21.3 Å². The number of hydrogen-bond acceptors (Lipinski definition) is 3. The van der Waals surface area contributed by atoms with Crippen molar-refractivity contribution in [2.45, 2.75) is 52.2 Å². The van der Waals surface area contributed by atoms with Crippen molar-refractivity contribution in [3.8, 4) is 0 Å². The van der Waals surface area contributed by atoms with Gasteiger partial charge in [0.2, 0.25) is 5.91 Å². The molecule has 0 spiro atoms. The van der Waals surface area contributed by atoms with E-state index in [4.69, 9.17) is 0 Å². The number of benzene rings is 2. The van der Waals surface area contributed by atoms with E-state index in [1.54, 1.807) is 36.4 Å². The Morgan fingerprint density at radius 1 is 1.03 bits per heavy atom. The van der Waals surface area contributed by atoms with Gasteiger partial charge >= 0.3 is 5.69 Å². The number of hydrogen-bond donors (Lipinski definition) is 1. The van der Waals surface area contributed by atoms with E-state index in [9.17, 15) is 18.8 Å². The zero-order chi connectivity index (χ0) is 21.7. The van der Waals surface area contributed by atoms with Crippen molar-refractivity contribution < 1.29 is 9.18 Å². The Hall–Kier alpha value is -3.22. The number of para-hydroxylation sites is 1. The van der Waals surface area contributed by atoms with E-state index in [0.717, 1.165) is 0 Å². The minimum Gasteiger partial charge on any atom is -0.354 e. The minimum absolute atomic E-state index is 0.0422. The normalized spacial score (nSPS) is 11.2. The molecule has 3 aromatic rings. The molecular weight excluding hydrogens is 385 g/mol. The lowest BCUT2D eigenvalue weighted by atomic mass is 10.2. The number of carbonyl (C=O) groups is 1. The fraction of sp³-hybridized carbons (Fsp3) is 0.348. The fourth-order valence-electron chi connectivity index (χ4n) is 3.49. The number of aromatic nitrogens is 2. The monoisotopic (exact) mass is 411 g/mol. The van der Waals surface area contributed by atoms with Crippen molar-refractivity contribution >= 4 is 16.8 Å². The number of nitrogens with one attached hydrogen (secondary N) is 1. The first-order valence-corrected chi connectivity index (χ1v) is 10.1. The Kier molecular flexibility index (Phi) is 6.82. The molecule has 6 nitrogen and oxygen atoms in total. The summed E-state index contributed by atoms with van der Waals surface area (Å²) >= 11 is 0. The number of carbonyl (C=O) groups excluding carboxylic acids is 1. The molecule has 0 saturated heterocycles. The van der Waals surface area contributed by atoms with Crippen LogP contribution >= 0.6 is 0 Å². The zero-order valence-electron chi connectivity index (χ0n) is 17.2. The Labute approximate surface area is 174 Å². The van der Waals surface area contributed by atoms with Gasteiger partial charge in [0, 0.05) is 19.0 Å². The first-order chi connectivity index (χ1) is 14.4. The molecule has 0 atom stereocenters. The van der Waals surface area contributed by atoms with Gasteiger partial charge in [-0.3, -0.25) is 18.7 Å². The van der Waals surface area contributed by atoms with Gasteiger partial charge in [-0.25, -0.2) is 9.18 Å². The Balaban J connectivity index is 1.88. The quantitative estimate of drug-likeness (QED) is 0.579. The summed E-state index contributed by atoms with van der Waals surface area (Å²) in [6, 6.07) is 13.1. The van der Waals surface area contributed by atoms with Crippen LogP contribution in [0.15, 0.2) is 58.1 Å². The molecule has 0 radical (unpaired) electrons. The molecule has 1 N–H and O–H groups in total. The largest absolute Gasteiger partial charge is 0.354 e. The van der Waals surface area contributed by atoms with Gasteiger partial charge in [-0.1, -0.05) is 24.3 Å². The van der Waals surface area contributed by atoms with Crippen LogP contribution in [0.1, 0.15) is 38.7 Å². The van der Waals surface area contributed by atoms with Crippen LogP contribution in [-0.4, -0.2) is 21.1 Å². The number of fused-ring (bicyclic) bond motifs is 1. The number of nitrogens with zero attached hydrogens (tertiary/aromatic N) is 2. The highest BCUT2D eigenvalue weighted by atomic mass is 19.1. The molecule has 1 aromatic heterocycles. The fourth-order valence-corrected chi connectivity index (χ4v) is 3.49. The van der Waals surface area contributed by atoms with E-state index in [2.05, 4.69) is 5.32 Å². The molecule has 0 aliphatic rings. The minimum atomic E-state index is -0.436. The van der Waals surface area contributed by atoms with Gasteiger partial charge in [0.25, 0.3) is 5.56 Å². The van der Waals surface area contributed by atoms with Gasteiger partial charge in [0.05, 0.1) is 17.4 Å². The standard InChI is InChI=1S/C23H26FN3O3/c1-16(2)25-21(28)12-5-6-13-26-22(29)19-10-3-4-11-20(19)27(23(26)30)15-17-8-7-9-18(24)14-17/h3-4,7-11,14,16H,5-6,12-13,15H2,1-2H3,(H,25,28). The van der Waals surface area contributed by atoms with E-state index in [0.29, 0.717) is 35.7 Å². The third-order valence-corrected chi connectivity index (χ3v) is 4.85. The molecule has 30 heavy (non-hydrogen) atoms. The predicted octanol–water partition coefficient (Wildman–Crippen LogP) is 3.05. The van der Waals surface area contributed by atoms with Crippen LogP contribution in [-0.2, 0) is 17.9 Å². The van der Waals surface area contributed by atoms with Gasteiger partial charge in [-0.15, -0.1) is 0 Å². The molecule has 0 aliphatic heterocycles. The smallest absolute Gasteiger partial charge is 0.331 e. The average molecular weight is 411 g/mol. The second kappa shape index (κ2) is 9.52. The average Bonchev–Trinajstić information content (AvgIpc) is 2.70. The van der Waals surface area contributed by atoms with Crippen LogP contribution in [0.3, 0.4) is 0 Å². The summed E-state index contributed by atoms with van der Waals surface area (Å²) in [5.41, 5.74) is 0.370. The molecule has 1 amide bonds. The number of rotatable bonds is 8. The highest BCUT2D eigenvalue weighted by Gasteiger charge is 2.13. The van der Waals surface area contributed by atoms with Crippen LogP contribution < -0.4 is 16.6 Å². The predicted molar refractivity (Wildman–Crippen MR) is 115 cm³/mol. The topological polar surface area (TPSA) is 73.1 Å². The summed E-state index contributed by atoms with van der Waals surface area (Å²) in [6.45, 7) is 4.18. The zero-order valence-corrected chi connectivity index (χ0v) is 17.2. The van der Waals surface area contributed by atoms with Crippen molar-refractivity contribution in [2.24, 2.45) is 0 Å². The maximum Gasteiger partial charge on any atom is 0.331 e. The highest BCUT2D eigenvalue weighted by Crippen LogP contribution is 2.11. The Morgan fingerprint density at radius 2 is 1.80 bits per heavy atom. The van der Waals surface area contributed by atoms with Crippen LogP contribution in [0, 0.1) is 5.82 Å². The van der Waals surface area contributed by atoms with Crippen LogP contribution in [0.5, 0.6) is 0 Å². The molecule has 0 fully saturated rings. The lowest BCUT2D eigenvalue weighted by molar-refractivity contribution is -0.121. The Bertz CT molecular complexity index is 1160. The SMILES string of the molecule is CC(C)NC(=O)CCCCn1c(=O)c2ccccc2n(Cc2cccc(F)c2)c1=O. The molecule has 1 heterocycles. The molecule has 2 aromatic carbocycles. The summed E-state index contributed by atoms with van der Waals surface area (Å²) < 4.78 is 16.3. The molecule has 0 saturated carbocycles. The second-order valence-electron chi connectivity index (χ2n) is 7.65. The van der Waals surface area contributed by atoms with Gasteiger partial charge in [0.15, 0.2) is 0 Å². The molecule has 0 aliphatic carbocycles. The lowest BCUT2D eigenvalue weighted by Gasteiger charge is -2.14. The highest BCUT2D eigenvalue weighted by molar-refractivity contribution is 5.78. The summed E-state index contributed by atoms with van der Waals surface area (Å²) in [7, 11) is 0. The number of amides is 1. The molecule has 3 rings (SSSR count). The van der Waals surface area contributed by atoms with Crippen LogP contribution in [0.2, 0.25) is 0 Å². The second-order valence-corrected chi connectivity index (χ2v) is 7.65. The summed E-state index contributed by atoms with van der Waals surface area (Å²) in [5, 5.41) is 3.26. The summed E-state index contributed by atoms with van der Waals surface area (Å²) in [6.07, 6.45) is 1.44.